The Hall–Kier alpha value is -0.530. The fraction of sp³-hybridized carbons (Fsp3) is 0.909. The van der Waals surface area contributed by atoms with Crippen LogP contribution in [0.25, 0.3) is 0 Å². The summed E-state index contributed by atoms with van der Waals surface area (Å²) in [5, 5.41) is 0. The van der Waals surface area contributed by atoms with Gasteiger partial charge in [0.05, 0.1) is 0 Å². The molecule has 0 unspecified atom stereocenters. The summed E-state index contributed by atoms with van der Waals surface area (Å²) in [5.41, 5.74) is -0.267. The molecule has 2 nitrogen and oxygen atoms in total. The third-order valence-electron chi connectivity index (χ3n) is 2.86. The lowest BCUT2D eigenvalue weighted by molar-refractivity contribution is -0.157. The van der Waals surface area contributed by atoms with E-state index in [0.717, 1.165) is 12.8 Å². The molecular weight excluding hydrogens is 164 g/mol. The molecule has 0 heterocycles. The fourth-order valence-electron chi connectivity index (χ4n) is 2.06. The molecule has 0 aliphatic rings. The van der Waals surface area contributed by atoms with E-state index < -0.39 is 0 Å². The molecule has 0 atom stereocenters. The summed E-state index contributed by atoms with van der Waals surface area (Å²) >= 11 is 0. The maximum Gasteiger partial charge on any atom is 0.293 e. The Bertz CT molecular complexity index is 142. The Morgan fingerprint density at radius 2 is 1.69 bits per heavy atom. The monoisotopic (exact) mass is 186 g/mol. The maximum atomic E-state index is 10.5. The highest BCUT2D eigenvalue weighted by Crippen LogP contribution is 2.34. The highest BCUT2D eigenvalue weighted by molar-refractivity contribution is 5.38. The average Bonchev–Trinajstić information content (AvgIpc) is 2.03. The molecule has 0 fully saturated rings. The van der Waals surface area contributed by atoms with Crippen LogP contribution in [-0.4, -0.2) is 12.1 Å². The fourth-order valence-corrected chi connectivity index (χ4v) is 2.06. The van der Waals surface area contributed by atoms with E-state index in [1.54, 1.807) is 0 Å². The summed E-state index contributed by atoms with van der Waals surface area (Å²) in [5.74, 6) is 0.746. The van der Waals surface area contributed by atoms with Crippen LogP contribution in [0.5, 0.6) is 0 Å². The van der Waals surface area contributed by atoms with E-state index >= 15 is 0 Å². The molecule has 0 aromatic carbocycles. The summed E-state index contributed by atoms with van der Waals surface area (Å²) in [6.07, 6.45) is 1.99. The van der Waals surface area contributed by atoms with E-state index in [9.17, 15) is 4.79 Å². The van der Waals surface area contributed by atoms with E-state index in [-0.39, 0.29) is 5.60 Å². The number of hydrogen-bond acceptors (Lipinski definition) is 2. The Kier molecular flexibility index (Phi) is 5.04. The molecule has 0 bridgehead atoms. The highest BCUT2D eigenvalue weighted by atomic mass is 16.5. The van der Waals surface area contributed by atoms with Crippen molar-refractivity contribution in [1.29, 1.82) is 0 Å². The molecule has 0 saturated heterocycles. The van der Waals surface area contributed by atoms with Gasteiger partial charge in [0, 0.05) is 0 Å². The van der Waals surface area contributed by atoms with E-state index in [0.29, 0.717) is 18.3 Å². The van der Waals surface area contributed by atoms with Gasteiger partial charge in [-0.05, 0) is 18.3 Å². The van der Waals surface area contributed by atoms with Crippen LogP contribution in [0.2, 0.25) is 0 Å². The van der Waals surface area contributed by atoms with Gasteiger partial charge in [0.2, 0.25) is 0 Å². The Labute approximate surface area is 81.7 Å². The normalized spacial score (nSPS) is 12.2. The van der Waals surface area contributed by atoms with Gasteiger partial charge in [-0.2, -0.15) is 0 Å². The van der Waals surface area contributed by atoms with Crippen LogP contribution in [0.4, 0.5) is 0 Å². The van der Waals surface area contributed by atoms with E-state index in [1.165, 1.54) is 0 Å². The molecule has 0 aliphatic carbocycles. The van der Waals surface area contributed by atoms with Crippen molar-refractivity contribution in [3.8, 4) is 0 Å². The second-order valence-corrected chi connectivity index (χ2v) is 4.23. The van der Waals surface area contributed by atoms with Gasteiger partial charge in [-0.3, -0.25) is 4.79 Å². The lowest BCUT2D eigenvalue weighted by atomic mass is 9.77. The van der Waals surface area contributed by atoms with Crippen LogP contribution in [0.15, 0.2) is 0 Å². The molecule has 78 valence electrons. The van der Waals surface area contributed by atoms with Crippen LogP contribution in [0.1, 0.15) is 47.5 Å². The standard InChI is InChI=1S/C11H22O2/c1-6-7-11(9(2)3,10(4)5)13-8-12/h8-10H,6-7H2,1-5H3. The minimum atomic E-state index is -0.267. The Morgan fingerprint density at radius 3 is 1.92 bits per heavy atom. The zero-order valence-corrected chi connectivity index (χ0v) is 9.46. The lowest BCUT2D eigenvalue weighted by Gasteiger charge is -2.39. The number of carbonyl (C=O) groups is 1. The lowest BCUT2D eigenvalue weighted by Crippen LogP contribution is -2.43. The van der Waals surface area contributed by atoms with Gasteiger partial charge >= 0.3 is 0 Å². The van der Waals surface area contributed by atoms with Crippen LogP contribution >= 0.6 is 0 Å². The van der Waals surface area contributed by atoms with Gasteiger partial charge in [0.15, 0.2) is 0 Å². The summed E-state index contributed by atoms with van der Waals surface area (Å²) in [4.78, 5) is 10.5. The topological polar surface area (TPSA) is 26.3 Å². The van der Waals surface area contributed by atoms with Crippen molar-refractivity contribution in [2.75, 3.05) is 0 Å². The smallest absolute Gasteiger partial charge is 0.293 e. The van der Waals surface area contributed by atoms with Crippen molar-refractivity contribution < 1.29 is 9.53 Å². The molecule has 0 N–H and O–H groups in total. The van der Waals surface area contributed by atoms with Crippen LogP contribution in [-0.2, 0) is 9.53 Å². The minimum absolute atomic E-state index is 0.267. The average molecular weight is 186 g/mol. The predicted octanol–water partition coefficient (Wildman–Crippen LogP) is 3.01. The minimum Gasteiger partial charge on any atom is -0.461 e. The van der Waals surface area contributed by atoms with Crippen molar-refractivity contribution in [1.82, 2.24) is 0 Å². The first kappa shape index (κ1) is 12.5. The molecule has 2 heteroatoms. The van der Waals surface area contributed by atoms with Gasteiger partial charge < -0.3 is 4.74 Å². The molecule has 0 aromatic heterocycles. The van der Waals surface area contributed by atoms with Crippen molar-refractivity contribution in [3.63, 3.8) is 0 Å². The number of hydrogen-bond donors (Lipinski definition) is 0. The van der Waals surface area contributed by atoms with Crippen LogP contribution < -0.4 is 0 Å². The number of carbonyl (C=O) groups excluding carboxylic acids is 1. The molecule has 0 spiro atoms. The first-order valence-electron chi connectivity index (χ1n) is 5.12. The molecular formula is C11H22O2. The maximum absolute atomic E-state index is 10.5. The summed E-state index contributed by atoms with van der Waals surface area (Å²) in [6.45, 7) is 11.2. The predicted molar refractivity (Wildman–Crippen MR) is 54.5 cm³/mol. The third-order valence-corrected chi connectivity index (χ3v) is 2.86. The molecule has 0 aromatic rings. The van der Waals surface area contributed by atoms with Crippen LogP contribution in [0.3, 0.4) is 0 Å². The van der Waals surface area contributed by atoms with Crippen molar-refractivity contribution >= 4 is 6.47 Å². The van der Waals surface area contributed by atoms with Gasteiger partial charge in [-0.1, -0.05) is 41.0 Å². The van der Waals surface area contributed by atoms with Gasteiger partial charge in [0.25, 0.3) is 6.47 Å². The third kappa shape index (κ3) is 2.71. The van der Waals surface area contributed by atoms with Gasteiger partial charge in [-0.15, -0.1) is 0 Å². The second-order valence-electron chi connectivity index (χ2n) is 4.23. The summed E-state index contributed by atoms with van der Waals surface area (Å²) in [7, 11) is 0. The van der Waals surface area contributed by atoms with E-state index in [1.807, 2.05) is 0 Å². The highest BCUT2D eigenvalue weighted by Gasteiger charge is 2.38. The Balaban J connectivity index is 4.68. The van der Waals surface area contributed by atoms with Crippen molar-refractivity contribution in [2.45, 2.75) is 53.1 Å². The second kappa shape index (κ2) is 5.25. The van der Waals surface area contributed by atoms with E-state index in [4.69, 9.17) is 4.74 Å². The molecule has 0 saturated carbocycles. The summed E-state index contributed by atoms with van der Waals surface area (Å²) < 4.78 is 5.31. The van der Waals surface area contributed by atoms with Gasteiger partial charge in [-0.25, -0.2) is 0 Å². The van der Waals surface area contributed by atoms with Crippen molar-refractivity contribution in [3.05, 3.63) is 0 Å². The van der Waals surface area contributed by atoms with E-state index in [2.05, 4.69) is 34.6 Å². The van der Waals surface area contributed by atoms with Gasteiger partial charge in [0.1, 0.15) is 5.60 Å². The zero-order valence-electron chi connectivity index (χ0n) is 9.46. The number of rotatable bonds is 6. The first-order valence-corrected chi connectivity index (χ1v) is 5.12. The van der Waals surface area contributed by atoms with Crippen LogP contribution in [0, 0.1) is 11.8 Å². The molecule has 0 rings (SSSR count). The quantitative estimate of drug-likeness (QED) is 0.596. The molecule has 0 amide bonds. The SMILES string of the molecule is CCCC(OC=O)(C(C)C)C(C)C. The summed E-state index contributed by atoms with van der Waals surface area (Å²) in [6, 6.07) is 0. The molecule has 0 radical (unpaired) electrons. The molecule has 13 heavy (non-hydrogen) atoms. The number of ether oxygens (including phenoxy) is 1. The van der Waals surface area contributed by atoms with Crippen molar-refractivity contribution in [2.24, 2.45) is 11.8 Å². The zero-order chi connectivity index (χ0) is 10.5. The molecule has 0 aliphatic heterocycles. The Morgan fingerprint density at radius 1 is 1.23 bits per heavy atom. The largest absolute Gasteiger partial charge is 0.461 e. The first-order chi connectivity index (χ1) is 6.01.